The summed E-state index contributed by atoms with van der Waals surface area (Å²) < 4.78 is 60.0. The van der Waals surface area contributed by atoms with Gasteiger partial charge in [-0.3, -0.25) is 14.7 Å². The molecule has 2 heterocycles. The fourth-order valence-electron chi connectivity index (χ4n) is 2.39. The van der Waals surface area contributed by atoms with Gasteiger partial charge in [-0.15, -0.1) is 0 Å². The van der Waals surface area contributed by atoms with Gasteiger partial charge < -0.3 is 9.47 Å². The number of anilines is 1. The Morgan fingerprint density at radius 1 is 1.27 bits per heavy atom. The maximum Gasteiger partial charge on any atom is 0.387 e. The molecule has 1 amide bonds. The maximum atomic E-state index is 13.0. The fraction of sp³-hybridized carbons (Fsp3) is 0.176. The molecule has 1 aromatic heterocycles. The van der Waals surface area contributed by atoms with Crippen molar-refractivity contribution in [3.63, 3.8) is 0 Å². The Balaban J connectivity index is 1.78. The summed E-state index contributed by atoms with van der Waals surface area (Å²) in [5, 5.41) is 0. The Morgan fingerprint density at radius 2 is 2.08 bits per heavy atom. The number of benzene rings is 1. The predicted octanol–water partition coefficient (Wildman–Crippen LogP) is 4.02. The van der Waals surface area contributed by atoms with E-state index in [1.165, 1.54) is 35.5 Å². The number of pyridine rings is 1. The van der Waals surface area contributed by atoms with Gasteiger partial charge in [-0.2, -0.15) is 8.78 Å². The lowest BCUT2D eigenvalue weighted by Gasteiger charge is -2.12. The summed E-state index contributed by atoms with van der Waals surface area (Å²) in [6, 6.07) is 4.91. The summed E-state index contributed by atoms with van der Waals surface area (Å²) in [6.07, 6.45) is 2.47. The molecule has 0 saturated heterocycles. The van der Waals surface area contributed by atoms with Crippen LogP contribution in [0.25, 0.3) is 6.08 Å². The zero-order valence-corrected chi connectivity index (χ0v) is 13.1. The minimum absolute atomic E-state index is 0.00759. The normalized spacial score (nSPS) is 13.4. The van der Waals surface area contributed by atoms with Crippen molar-refractivity contribution >= 4 is 17.7 Å². The third-order valence-corrected chi connectivity index (χ3v) is 3.57. The van der Waals surface area contributed by atoms with Crippen molar-refractivity contribution in [2.24, 2.45) is 0 Å². The molecule has 136 valence electrons. The number of hydrogen-bond acceptors (Lipinski definition) is 4. The lowest BCUT2D eigenvalue weighted by atomic mass is 10.1. The number of halogens is 4. The number of hydrogen-bond donors (Lipinski definition) is 0. The topological polar surface area (TPSA) is 51.7 Å². The Kier molecular flexibility index (Phi) is 5.06. The zero-order chi connectivity index (χ0) is 18.7. The highest BCUT2D eigenvalue weighted by Gasteiger charge is 2.24. The molecular weight excluding hydrogens is 356 g/mol. The molecule has 0 aliphatic carbocycles. The van der Waals surface area contributed by atoms with Crippen molar-refractivity contribution in [2.45, 2.75) is 13.0 Å². The van der Waals surface area contributed by atoms with E-state index in [1.807, 2.05) is 0 Å². The highest BCUT2D eigenvalue weighted by atomic mass is 19.3. The number of aromatic nitrogens is 1. The largest absolute Gasteiger partial charge is 0.469 e. The molecule has 0 spiro atoms. The van der Waals surface area contributed by atoms with E-state index in [9.17, 15) is 22.4 Å². The zero-order valence-electron chi connectivity index (χ0n) is 13.1. The third-order valence-electron chi connectivity index (χ3n) is 3.57. The van der Waals surface area contributed by atoms with Crippen LogP contribution in [0.2, 0.25) is 0 Å². The van der Waals surface area contributed by atoms with Gasteiger partial charge in [0, 0.05) is 12.3 Å². The van der Waals surface area contributed by atoms with Gasteiger partial charge in [0.25, 0.3) is 12.3 Å². The molecule has 3 rings (SSSR count). The van der Waals surface area contributed by atoms with E-state index in [-0.39, 0.29) is 12.3 Å². The van der Waals surface area contributed by atoms with E-state index in [2.05, 4.69) is 9.72 Å². The molecule has 0 atom stereocenters. The molecule has 9 heteroatoms. The molecule has 0 unspecified atom stereocenters. The lowest BCUT2D eigenvalue weighted by Crippen LogP contribution is -2.28. The molecule has 1 aromatic carbocycles. The van der Waals surface area contributed by atoms with Crippen LogP contribution in [-0.4, -0.2) is 24.2 Å². The van der Waals surface area contributed by atoms with Gasteiger partial charge in [-0.1, -0.05) is 6.07 Å². The second kappa shape index (κ2) is 7.42. The van der Waals surface area contributed by atoms with Gasteiger partial charge in [0.2, 0.25) is 0 Å². The number of fused-ring (bicyclic) bond motifs is 1. The Hall–Kier alpha value is -3.10. The molecule has 1 aliphatic rings. The van der Waals surface area contributed by atoms with Gasteiger partial charge in [-0.05, 0) is 29.8 Å². The third kappa shape index (κ3) is 3.76. The molecule has 5 nitrogen and oxygen atoms in total. The van der Waals surface area contributed by atoms with E-state index in [0.717, 1.165) is 12.1 Å². The van der Waals surface area contributed by atoms with Gasteiger partial charge in [0.05, 0.1) is 17.4 Å². The van der Waals surface area contributed by atoms with E-state index >= 15 is 0 Å². The number of carbonyl (C=O) groups is 1. The van der Waals surface area contributed by atoms with E-state index < -0.39 is 30.3 Å². The summed E-state index contributed by atoms with van der Waals surface area (Å²) in [5.41, 5.74) is 0.106. The summed E-state index contributed by atoms with van der Waals surface area (Å²) in [4.78, 5) is 17.5. The molecule has 0 N–H and O–H groups in total. The first-order valence-corrected chi connectivity index (χ1v) is 7.39. The smallest absolute Gasteiger partial charge is 0.387 e. The van der Waals surface area contributed by atoms with Crippen LogP contribution in [-0.2, 0) is 4.79 Å². The summed E-state index contributed by atoms with van der Waals surface area (Å²) in [7, 11) is 0. The Labute approximate surface area is 145 Å². The van der Waals surface area contributed by atoms with E-state index in [0.29, 0.717) is 11.4 Å². The summed E-state index contributed by atoms with van der Waals surface area (Å²) >= 11 is 0. The Morgan fingerprint density at radius 3 is 2.81 bits per heavy atom. The van der Waals surface area contributed by atoms with Gasteiger partial charge >= 0.3 is 6.61 Å². The van der Waals surface area contributed by atoms with Crippen LogP contribution in [0.3, 0.4) is 0 Å². The molecule has 0 bridgehead atoms. The average Bonchev–Trinajstić information content (AvgIpc) is 3.04. The highest BCUT2D eigenvalue weighted by Crippen LogP contribution is 2.33. The number of rotatable bonds is 5. The number of ether oxygens (including phenoxy) is 2. The van der Waals surface area contributed by atoms with Gasteiger partial charge in [0.15, 0.2) is 12.5 Å². The van der Waals surface area contributed by atoms with Crippen molar-refractivity contribution in [3.05, 3.63) is 53.9 Å². The predicted molar refractivity (Wildman–Crippen MR) is 84.3 cm³/mol. The second-order valence-corrected chi connectivity index (χ2v) is 5.19. The van der Waals surface area contributed by atoms with Crippen molar-refractivity contribution in [1.29, 1.82) is 0 Å². The number of nitrogens with zero attached hydrogens (tertiary/aromatic N) is 2. The number of carbonyl (C=O) groups excluding carboxylic acids is 1. The average molecular weight is 368 g/mol. The molecule has 0 fully saturated rings. The van der Waals surface area contributed by atoms with Gasteiger partial charge in [0.1, 0.15) is 5.75 Å². The van der Waals surface area contributed by atoms with Crippen LogP contribution < -0.4 is 14.4 Å². The highest BCUT2D eigenvalue weighted by molar-refractivity contribution is 6.05. The van der Waals surface area contributed by atoms with Gasteiger partial charge in [-0.25, -0.2) is 8.78 Å². The molecule has 26 heavy (non-hydrogen) atoms. The first kappa shape index (κ1) is 17.7. The van der Waals surface area contributed by atoms with E-state index in [1.54, 1.807) is 6.07 Å². The quantitative estimate of drug-likeness (QED) is 0.591. The van der Waals surface area contributed by atoms with Crippen LogP contribution >= 0.6 is 0 Å². The first-order valence-electron chi connectivity index (χ1n) is 7.39. The van der Waals surface area contributed by atoms with Crippen LogP contribution in [0.4, 0.5) is 23.2 Å². The molecule has 0 saturated carbocycles. The lowest BCUT2D eigenvalue weighted by molar-refractivity contribution is -0.114. The monoisotopic (exact) mass is 368 g/mol. The number of amides is 1. The molecular formula is C17H12F4N2O3. The minimum atomic E-state index is -3.21. The van der Waals surface area contributed by atoms with E-state index in [4.69, 9.17) is 4.74 Å². The standard InChI is InChI=1S/C17H12F4N2O3/c18-16(19)11-7-10(1-3-13(11)26-17(20)21)2-4-15(24)23-9-25-14-8-22-6-5-12(14)23/h1-8,16-17H,9H2/b4-2+. The van der Waals surface area contributed by atoms with Crippen molar-refractivity contribution < 1.29 is 31.8 Å². The van der Waals surface area contributed by atoms with Crippen molar-refractivity contribution in [1.82, 2.24) is 4.98 Å². The SMILES string of the molecule is O=C(/C=C/c1ccc(OC(F)F)c(C(F)F)c1)N1COc2cnccc21. The number of alkyl halides is 4. The maximum absolute atomic E-state index is 13.0. The second-order valence-electron chi connectivity index (χ2n) is 5.19. The molecule has 2 aromatic rings. The van der Waals surface area contributed by atoms with Crippen molar-refractivity contribution in [2.75, 3.05) is 11.6 Å². The molecule has 1 aliphatic heterocycles. The van der Waals surface area contributed by atoms with Crippen molar-refractivity contribution in [3.8, 4) is 11.5 Å². The summed E-state index contributed by atoms with van der Waals surface area (Å²) in [5.74, 6) is -0.572. The minimum Gasteiger partial charge on any atom is -0.469 e. The summed E-state index contributed by atoms with van der Waals surface area (Å²) in [6.45, 7) is -3.20. The van der Waals surface area contributed by atoms with Crippen LogP contribution in [0, 0.1) is 0 Å². The first-order chi connectivity index (χ1) is 12.5. The van der Waals surface area contributed by atoms with Crippen LogP contribution in [0.5, 0.6) is 11.5 Å². The fourth-order valence-corrected chi connectivity index (χ4v) is 2.39. The Bertz CT molecular complexity index is 843. The van der Waals surface area contributed by atoms with Crippen LogP contribution in [0.1, 0.15) is 17.6 Å². The molecule has 0 radical (unpaired) electrons. The van der Waals surface area contributed by atoms with Crippen LogP contribution in [0.15, 0.2) is 42.7 Å².